The lowest BCUT2D eigenvalue weighted by Gasteiger charge is -2.29. The number of rotatable bonds is 5. The standard InChI is InChI=1S/C21H21N5O3/c1-15-18(17(13-22)21(29-15)26-7-2-3-8-26)20(27)24-14-16-5-4-6-23-19(16)25-9-11-28-12-10-25/h2-8H,9-12,14H2,1H3,(H,24,27). The van der Waals surface area contributed by atoms with Crippen LogP contribution >= 0.6 is 0 Å². The maximum Gasteiger partial charge on any atom is 0.256 e. The van der Waals surface area contributed by atoms with Gasteiger partial charge in [-0.25, -0.2) is 4.98 Å². The van der Waals surface area contributed by atoms with E-state index in [0.29, 0.717) is 31.4 Å². The van der Waals surface area contributed by atoms with Crippen LogP contribution in [0.2, 0.25) is 0 Å². The zero-order chi connectivity index (χ0) is 20.2. The molecular weight excluding hydrogens is 370 g/mol. The van der Waals surface area contributed by atoms with Gasteiger partial charge in [0.05, 0.1) is 13.2 Å². The number of carbonyl (C=O) groups excluding carboxylic acids is 1. The maximum atomic E-state index is 12.9. The van der Waals surface area contributed by atoms with Crippen molar-refractivity contribution in [1.29, 1.82) is 5.26 Å². The van der Waals surface area contributed by atoms with Crippen molar-refractivity contribution < 1.29 is 13.9 Å². The quantitative estimate of drug-likeness (QED) is 0.718. The summed E-state index contributed by atoms with van der Waals surface area (Å²) >= 11 is 0. The van der Waals surface area contributed by atoms with Gasteiger partial charge in [0.15, 0.2) is 0 Å². The van der Waals surface area contributed by atoms with E-state index in [2.05, 4.69) is 21.3 Å². The van der Waals surface area contributed by atoms with Gasteiger partial charge in [0, 0.05) is 43.8 Å². The monoisotopic (exact) mass is 391 g/mol. The number of aromatic nitrogens is 2. The van der Waals surface area contributed by atoms with Crippen molar-refractivity contribution in [3.63, 3.8) is 0 Å². The molecule has 0 radical (unpaired) electrons. The molecule has 3 aromatic rings. The molecule has 0 bridgehead atoms. The fraction of sp³-hybridized carbons (Fsp3) is 0.286. The molecule has 1 aliphatic rings. The third-order valence-electron chi connectivity index (χ3n) is 4.86. The summed E-state index contributed by atoms with van der Waals surface area (Å²) in [5.74, 6) is 1.24. The van der Waals surface area contributed by atoms with Crippen molar-refractivity contribution in [2.45, 2.75) is 13.5 Å². The van der Waals surface area contributed by atoms with Gasteiger partial charge in [-0.15, -0.1) is 0 Å². The van der Waals surface area contributed by atoms with E-state index in [9.17, 15) is 10.1 Å². The molecule has 29 heavy (non-hydrogen) atoms. The number of morpholine rings is 1. The number of hydrogen-bond acceptors (Lipinski definition) is 6. The maximum absolute atomic E-state index is 12.9. The fourth-order valence-corrected chi connectivity index (χ4v) is 3.45. The molecule has 4 rings (SSSR count). The Morgan fingerprint density at radius 3 is 2.76 bits per heavy atom. The van der Waals surface area contributed by atoms with Crippen molar-refractivity contribution in [1.82, 2.24) is 14.9 Å². The molecule has 8 nitrogen and oxygen atoms in total. The molecule has 4 heterocycles. The molecule has 148 valence electrons. The Hall–Kier alpha value is -3.57. The lowest BCUT2D eigenvalue weighted by molar-refractivity contribution is 0.0949. The van der Waals surface area contributed by atoms with E-state index in [0.717, 1.165) is 24.5 Å². The third kappa shape index (κ3) is 3.73. The van der Waals surface area contributed by atoms with Gasteiger partial charge in [0.25, 0.3) is 5.91 Å². The zero-order valence-electron chi connectivity index (χ0n) is 16.1. The van der Waals surface area contributed by atoms with Crippen LogP contribution < -0.4 is 10.2 Å². The minimum Gasteiger partial charge on any atom is -0.443 e. The minimum atomic E-state index is -0.349. The molecule has 1 fully saturated rings. The minimum absolute atomic E-state index is 0.218. The van der Waals surface area contributed by atoms with Gasteiger partial charge in [-0.3, -0.25) is 9.36 Å². The topological polar surface area (TPSA) is 96.3 Å². The molecule has 0 aliphatic carbocycles. The van der Waals surface area contributed by atoms with Crippen LogP contribution in [0.4, 0.5) is 5.82 Å². The Labute approximate surface area is 168 Å². The normalized spacial score (nSPS) is 13.9. The van der Waals surface area contributed by atoms with Gasteiger partial charge in [-0.1, -0.05) is 6.07 Å². The highest BCUT2D eigenvalue weighted by Crippen LogP contribution is 2.26. The average molecular weight is 391 g/mol. The molecule has 0 saturated carbocycles. The molecule has 1 saturated heterocycles. The average Bonchev–Trinajstić information content (AvgIpc) is 3.40. The molecular formula is C21H21N5O3. The zero-order valence-corrected chi connectivity index (χ0v) is 16.1. The van der Waals surface area contributed by atoms with E-state index >= 15 is 0 Å². The van der Waals surface area contributed by atoms with Gasteiger partial charge >= 0.3 is 0 Å². The van der Waals surface area contributed by atoms with Crippen molar-refractivity contribution in [3.8, 4) is 12.0 Å². The number of ether oxygens (including phenoxy) is 1. The second kappa shape index (κ2) is 8.20. The van der Waals surface area contributed by atoms with Crippen molar-refractivity contribution >= 4 is 11.7 Å². The van der Waals surface area contributed by atoms with Crippen LogP contribution in [0.3, 0.4) is 0 Å². The molecule has 1 N–H and O–H groups in total. The largest absolute Gasteiger partial charge is 0.443 e. The smallest absolute Gasteiger partial charge is 0.256 e. The number of anilines is 1. The van der Waals surface area contributed by atoms with Gasteiger partial charge in [0.1, 0.15) is 28.8 Å². The van der Waals surface area contributed by atoms with Crippen molar-refractivity contribution in [2.24, 2.45) is 0 Å². The first-order valence-corrected chi connectivity index (χ1v) is 9.40. The number of pyridine rings is 1. The Balaban J connectivity index is 1.55. The highest BCUT2D eigenvalue weighted by molar-refractivity contribution is 5.98. The summed E-state index contributed by atoms with van der Waals surface area (Å²) in [6, 6.07) is 9.55. The Morgan fingerprint density at radius 2 is 2.03 bits per heavy atom. The van der Waals surface area contributed by atoms with Crippen LogP contribution in [0.15, 0.2) is 47.3 Å². The number of nitrogens with one attached hydrogen (secondary N) is 1. The molecule has 1 aliphatic heterocycles. The number of furan rings is 1. The summed E-state index contributed by atoms with van der Waals surface area (Å²) in [6.45, 7) is 4.82. The summed E-state index contributed by atoms with van der Waals surface area (Å²) in [7, 11) is 0. The summed E-state index contributed by atoms with van der Waals surface area (Å²) in [5.41, 5.74) is 1.39. The van der Waals surface area contributed by atoms with E-state index in [1.807, 2.05) is 24.3 Å². The van der Waals surface area contributed by atoms with Crippen LogP contribution in [0.5, 0.6) is 0 Å². The van der Waals surface area contributed by atoms with Crippen LogP contribution in [0.1, 0.15) is 27.2 Å². The first-order chi connectivity index (χ1) is 14.2. The molecule has 0 atom stereocenters. The molecule has 8 heteroatoms. The van der Waals surface area contributed by atoms with Crippen molar-refractivity contribution in [2.75, 3.05) is 31.2 Å². The third-order valence-corrected chi connectivity index (χ3v) is 4.86. The Kier molecular flexibility index (Phi) is 5.31. The molecule has 0 unspecified atom stereocenters. The number of amides is 1. The van der Waals surface area contributed by atoms with Gasteiger partial charge in [-0.2, -0.15) is 5.26 Å². The highest BCUT2D eigenvalue weighted by atomic mass is 16.5. The summed E-state index contributed by atoms with van der Waals surface area (Å²) < 4.78 is 12.8. The predicted molar refractivity (Wildman–Crippen MR) is 106 cm³/mol. The van der Waals surface area contributed by atoms with E-state index in [1.54, 1.807) is 30.1 Å². The van der Waals surface area contributed by atoms with Crippen LogP contribution in [0, 0.1) is 18.3 Å². The molecule has 1 amide bonds. The molecule has 0 aromatic carbocycles. The predicted octanol–water partition coefficient (Wildman–Crippen LogP) is 2.41. The van der Waals surface area contributed by atoms with Gasteiger partial charge in [-0.05, 0) is 25.1 Å². The number of nitriles is 1. The first-order valence-electron chi connectivity index (χ1n) is 9.40. The highest BCUT2D eigenvalue weighted by Gasteiger charge is 2.25. The van der Waals surface area contributed by atoms with E-state index in [-0.39, 0.29) is 17.0 Å². The van der Waals surface area contributed by atoms with Crippen LogP contribution in [0.25, 0.3) is 5.88 Å². The lowest BCUT2D eigenvalue weighted by atomic mass is 10.1. The fourth-order valence-electron chi connectivity index (χ4n) is 3.45. The van der Waals surface area contributed by atoms with Gasteiger partial charge in [0.2, 0.25) is 5.88 Å². The van der Waals surface area contributed by atoms with E-state index in [4.69, 9.17) is 9.15 Å². The summed E-state index contributed by atoms with van der Waals surface area (Å²) in [6.07, 6.45) is 5.28. The van der Waals surface area contributed by atoms with E-state index < -0.39 is 0 Å². The van der Waals surface area contributed by atoms with Crippen LogP contribution in [-0.2, 0) is 11.3 Å². The van der Waals surface area contributed by atoms with Crippen molar-refractivity contribution in [3.05, 3.63) is 65.3 Å². The first kappa shape index (κ1) is 18.8. The number of hydrogen-bond donors (Lipinski definition) is 1. The second-order valence-corrected chi connectivity index (χ2v) is 6.68. The lowest BCUT2D eigenvalue weighted by Crippen LogP contribution is -2.37. The summed E-state index contributed by atoms with van der Waals surface area (Å²) in [5, 5.41) is 12.5. The Bertz CT molecular complexity index is 1040. The molecule has 0 spiro atoms. The van der Waals surface area contributed by atoms with Gasteiger partial charge < -0.3 is 19.4 Å². The van der Waals surface area contributed by atoms with E-state index in [1.165, 1.54) is 0 Å². The SMILES string of the molecule is Cc1oc(-n2cccc2)c(C#N)c1C(=O)NCc1cccnc1N1CCOCC1. The van der Waals surface area contributed by atoms with Crippen LogP contribution in [-0.4, -0.2) is 41.8 Å². The summed E-state index contributed by atoms with van der Waals surface area (Å²) in [4.78, 5) is 19.5. The molecule has 3 aromatic heterocycles. The number of carbonyl (C=O) groups is 1. The number of nitrogens with zero attached hydrogens (tertiary/aromatic N) is 4. The number of aryl methyl sites for hydroxylation is 1. The Morgan fingerprint density at radius 1 is 1.28 bits per heavy atom. The second-order valence-electron chi connectivity index (χ2n) is 6.68.